The van der Waals surface area contributed by atoms with Gasteiger partial charge in [0.1, 0.15) is 5.82 Å². The van der Waals surface area contributed by atoms with Crippen LogP contribution in [0.5, 0.6) is 0 Å². The van der Waals surface area contributed by atoms with Crippen molar-refractivity contribution >= 4 is 23.0 Å². The third-order valence-electron chi connectivity index (χ3n) is 4.92. The molecule has 138 valence electrons. The summed E-state index contributed by atoms with van der Waals surface area (Å²) in [6.07, 6.45) is 3.54. The van der Waals surface area contributed by atoms with Crippen LogP contribution in [0.4, 0.5) is 10.1 Å². The zero-order valence-corrected chi connectivity index (χ0v) is 15.8. The summed E-state index contributed by atoms with van der Waals surface area (Å²) in [5.74, 6) is 0.438. The molecule has 1 aliphatic heterocycles. The van der Waals surface area contributed by atoms with Crippen LogP contribution in [0.2, 0.25) is 0 Å². The molecule has 0 saturated carbocycles. The van der Waals surface area contributed by atoms with Crippen molar-refractivity contribution in [1.82, 2.24) is 10.2 Å². The molecule has 2 N–H and O–H groups in total. The standard InChI is InChI=1S/C21H26FN3S/c22-19-8-4-5-9-20(19)24-21(26)23-13-10-17-11-14-25(15-12-17)16-18-6-2-1-3-7-18/h1-9,17H,10-16H2,(H2,23,24,26). The summed E-state index contributed by atoms with van der Waals surface area (Å²) in [5, 5.41) is 6.60. The smallest absolute Gasteiger partial charge is 0.170 e. The SMILES string of the molecule is Fc1ccccc1NC(=S)NCCC1CCN(Cc2ccccc2)CC1. The van der Waals surface area contributed by atoms with Gasteiger partial charge >= 0.3 is 0 Å². The summed E-state index contributed by atoms with van der Waals surface area (Å²) in [5.41, 5.74) is 1.80. The Morgan fingerprint density at radius 2 is 1.73 bits per heavy atom. The number of rotatable bonds is 6. The van der Waals surface area contributed by atoms with E-state index in [1.807, 2.05) is 0 Å². The van der Waals surface area contributed by atoms with Crippen molar-refractivity contribution in [3.63, 3.8) is 0 Å². The highest BCUT2D eigenvalue weighted by Crippen LogP contribution is 2.21. The van der Waals surface area contributed by atoms with Crippen LogP contribution in [0.15, 0.2) is 54.6 Å². The van der Waals surface area contributed by atoms with E-state index in [0.29, 0.717) is 10.8 Å². The Labute approximate surface area is 160 Å². The van der Waals surface area contributed by atoms with Crippen molar-refractivity contribution in [3.05, 3.63) is 66.0 Å². The maximum absolute atomic E-state index is 13.6. The molecule has 0 spiro atoms. The van der Waals surface area contributed by atoms with Crippen LogP contribution < -0.4 is 10.6 Å². The summed E-state index contributed by atoms with van der Waals surface area (Å²) < 4.78 is 13.6. The molecule has 1 fully saturated rings. The van der Waals surface area contributed by atoms with Crippen molar-refractivity contribution in [3.8, 4) is 0 Å². The van der Waals surface area contributed by atoms with E-state index >= 15 is 0 Å². The number of nitrogens with zero attached hydrogens (tertiary/aromatic N) is 1. The second-order valence-corrected chi connectivity index (χ2v) is 7.26. The number of para-hydroxylation sites is 1. The van der Waals surface area contributed by atoms with Gasteiger partial charge in [0.05, 0.1) is 5.69 Å². The van der Waals surface area contributed by atoms with E-state index in [9.17, 15) is 4.39 Å². The quantitative estimate of drug-likeness (QED) is 0.736. The molecule has 2 aromatic rings. The first-order valence-electron chi connectivity index (χ1n) is 9.26. The summed E-state index contributed by atoms with van der Waals surface area (Å²) >= 11 is 5.26. The van der Waals surface area contributed by atoms with Gasteiger partial charge in [0.15, 0.2) is 5.11 Å². The minimum atomic E-state index is -0.289. The maximum Gasteiger partial charge on any atom is 0.170 e. The van der Waals surface area contributed by atoms with Gasteiger partial charge in [0.25, 0.3) is 0 Å². The Morgan fingerprint density at radius 1 is 1.04 bits per heavy atom. The molecule has 1 saturated heterocycles. The number of nitrogens with one attached hydrogen (secondary N) is 2. The first kappa shape index (κ1) is 18.8. The summed E-state index contributed by atoms with van der Waals surface area (Å²) in [6, 6.07) is 17.2. The Morgan fingerprint density at radius 3 is 2.46 bits per heavy atom. The molecule has 0 atom stereocenters. The van der Waals surface area contributed by atoms with Crippen LogP contribution in [0, 0.1) is 11.7 Å². The van der Waals surface area contributed by atoms with Crippen molar-refractivity contribution in [1.29, 1.82) is 0 Å². The molecule has 1 aliphatic rings. The van der Waals surface area contributed by atoms with Gasteiger partial charge in [0, 0.05) is 13.1 Å². The van der Waals surface area contributed by atoms with E-state index in [2.05, 4.69) is 45.9 Å². The van der Waals surface area contributed by atoms with E-state index in [4.69, 9.17) is 12.2 Å². The second kappa shape index (κ2) is 9.64. The lowest BCUT2D eigenvalue weighted by Gasteiger charge is -2.32. The van der Waals surface area contributed by atoms with Crippen LogP contribution in [0.1, 0.15) is 24.8 Å². The molecule has 3 rings (SSSR count). The monoisotopic (exact) mass is 371 g/mol. The highest BCUT2D eigenvalue weighted by molar-refractivity contribution is 7.80. The molecule has 0 unspecified atom stereocenters. The molecular weight excluding hydrogens is 345 g/mol. The van der Waals surface area contributed by atoms with Crippen LogP contribution in [0.25, 0.3) is 0 Å². The molecule has 2 aromatic carbocycles. The van der Waals surface area contributed by atoms with Gasteiger partial charge in [-0.2, -0.15) is 0 Å². The molecule has 3 nitrogen and oxygen atoms in total. The number of thiocarbonyl (C=S) groups is 1. The van der Waals surface area contributed by atoms with Crippen LogP contribution in [-0.2, 0) is 6.54 Å². The maximum atomic E-state index is 13.6. The summed E-state index contributed by atoms with van der Waals surface area (Å²) in [4.78, 5) is 2.53. The molecule has 0 aliphatic carbocycles. The highest BCUT2D eigenvalue weighted by Gasteiger charge is 2.19. The highest BCUT2D eigenvalue weighted by atomic mass is 32.1. The largest absolute Gasteiger partial charge is 0.362 e. The minimum absolute atomic E-state index is 0.289. The predicted molar refractivity (Wildman–Crippen MR) is 110 cm³/mol. The number of hydrogen-bond donors (Lipinski definition) is 2. The molecule has 0 radical (unpaired) electrons. The summed E-state index contributed by atoms with van der Waals surface area (Å²) in [6.45, 7) is 4.17. The Kier molecular flexibility index (Phi) is 6.97. The number of hydrogen-bond acceptors (Lipinski definition) is 2. The van der Waals surface area contributed by atoms with Crippen molar-refractivity contribution in [2.75, 3.05) is 25.0 Å². The van der Waals surface area contributed by atoms with Gasteiger partial charge in [-0.3, -0.25) is 4.90 Å². The first-order valence-corrected chi connectivity index (χ1v) is 9.67. The molecule has 5 heteroatoms. The lowest BCUT2D eigenvalue weighted by atomic mass is 9.93. The number of benzene rings is 2. The Bertz CT molecular complexity index is 699. The zero-order chi connectivity index (χ0) is 18.2. The first-order chi connectivity index (χ1) is 12.7. The van der Waals surface area contributed by atoms with Gasteiger partial charge in [-0.15, -0.1) is 0 Å². The normalized spacial score (nSPS) is 15.6. The number of anilines is 1. The van der Waals surface area contributed by atoms with Crippen molar-refractivity contribution in [2.45, 2.75) is 25.8 Å². The third-order valence-corrected chi connectivity index (χ3v) is 5.16. The van der Waals surface area contributed by atoms with Crippen LogP contribution >= 0.6 is 12.2 Å². The Balaban J connectivity index is 1.32. The average Bonchev–Trinajstić information content (AvgIpc) is 2.66. The second-order valence-electron chi connectivity index (χ2n) is 6.85. The fourth-order valence-corrected chi connectivity index (χ4v) is 3.61. The lowest BCUT2D eigenvalue weighted by Crippen LogP contribution is -2.35. The third kappa shape index (κ3) is 5.78. The molecule has 26 heavy (non-hydrogen) atoms. The predicted octanol–water partition coefficient (Wildman–Crippen LogP) is 4.41. The molecule has 0 bridgehead atoms. The van der Waals surface area contributed by atoms with Crippen molar-refractivity contribution in [2.24, 2.45) is 5.92 Å². The number of likely N-dealkylation sites (tertiary alicyclic amines) is 1. The van der Waals surface area contributed by atoms with Crippen molar-refractivity contribution < 1.29 is 4.39 Å². The molecule has 1 heterocycles. The molecule has 0 amide bonds. The molecule has 0 aromatic heterocycles. The van der Waals surface area contributed by atoms with Gasteiger partial charge in [-0.1, -0.05) is 42.5 Å². The fourth-order valence-electron chi connectivity index (χ4n) is 3.39. The Hall–Kier alpha value is -1.98. The van der Waals surface area contributed by atoms with E-state index < -0.39 is 0 Å². The van der Waals surface area contributed by atoms with Crippen LogP contribution in [0.3, 0.4) is 0 Å². The van der Waals surface area contributed by atoms with Gasteiger partial charge in [-0.05, 0) is 68.2 Å². The lowest BCUT2D eigenvalue weighted by molar-refractivity contribution is 0.173. The van der Waals surface area contributed by atoms with Crippen LogP contribution in [-0.4, -0.2) is 29.6 Å². The van der Waals surface area contributed by atoms with Gasteiger partial charge in [-0.25, -0.2) is 4.39 Å². The zero-order valence-electron chi connectivity index (χ0n) is 15.0. The van der Waals surface area contributed by atoms with Gasteiger partial charge in [0.2, 0.25) is 0 Å². The minimum Gasteiger partial charge on any atom is -0.362 e. The van der Waals surface area contributed by atoms with E-state index in [-0.39, 0.29) is 5.82 Å². The van der Waals surface area contributed by atoms with E-state index in [1.165, 1.54) is 24.5 Å². The topological polar surface area (TPSA) is 27.3 Å². The van der Waals surface area contributed by atoms with E-state index in [0.717, 1.165) is 38.5 Å². The number of piperidine rings is 1. The average molecular weight is 372 g/mol. The number of halogens is 1. The molecular formula is C21H26FN3S. The van der Waals surface area contributed by atoms with Gasteiger partial charge < -0.3 is 10.6 Å². The fraction of sp³-hybridized carbons (Fsp3) is 0.381. The summed E-state index contributed by atoms with van der Waals surface area (Å²) in [7, 11) is 0. The van der Waals surface area contributed by atoms with E-state index in [1.54, 1.807) is 18.2 Å².